The molecule has 0 bridgehead atoms. The molecule has 5 aromatic rings. The van der Waals surface area contributed by atoms with Crippen LogP contribution in [0, 0.1) is 0 Å². The second kappa shape index (κ2) is 8.78. The maximum absolute atomic E-state index is 5.75. The summed E-state index contributed by atoms with van der Waals surface area (Å²) >= 11 is 0. The minimum absolute atomic E-state index is 0.504. The normalized spacial score (nSPS) is 11.3. The number of nitrogens with two attached hydrogens (primary N) is 1. The van der Waals surface area contributed by atoms with Gasteiger partial charge in [0, 0.05) is 30.7 Å². The first-order chi connectivity index (χ1) is 15.8. The first kappa shape index (κ1) is 20.2. The van der Waals surface area contributed by atoms with Gasteiger partial charge in [-0.2, -0.15) is 0 Å². The fourth-order valence-electron chi connectivity index (χ4n) is 3.83. The summed E-state index contributed by atoms with van der Waals surface area (Å²) in [5.74, 6) is 1.59. The van der Waals surface area contributed by atoms with Crippen LogP contribution in [0.2, 0.25) is 0 Å². The van der Waals surface area contributed by atoms with Crippen molar-refractivity contribution in [2.45, 2.75) is 6.54 Å². The Hall–Kier alpha value is -3.74. The van der Waals surface area contributed by atoms with E-state index in [2.05, 4.69) is 53.5 Å². The summed E-state index contributed by atoms with van der Waals surface area (Å²) in [6, 6.07) is 24.6. The van der Waals surface area contributed by atoms with Crippen LogP contribution in [-0.4, -0.2) is 34.9 Å². The lowest BCUT2D eigenvalue weighted by molar-refractivity contribution is 0.146. The molecule has 2 aromatic heterocycles. The molecule has 160 valence electrons. The lowest BCUT2D eigenvalue weighted by Crippen LogP contribution is -2.04. The molecule has 2 N–H and O–H groups in total. The molecule has 6 nitrogen and oxygen atoms in total. The van der Waals surface area contributed by atoms with Crippen LogP contribution >= 0.6 is 0 Å². The zero-order valence-corrected chi connectivity index (χ0v) is 17.9. The lowest BCUT2D eigenvalue weighted by atomic mass is 10.0. The molecule has 0 amide bonds. The Morgan fingerprint density at radius 2 is 1.81 bits per heavy atom. The van der Waals surface area contributed by atoms with Crippen LogP contribution in [0.5, 0.6) is 5.75 Å². The van der Waals surface area contributed by atoms with E-state index in [4.69, 9.17) is 20.2 Å². The second-order valence-corrected chi connectivity index (χ2v) is 7.55. The highest BCUT2D eigenvalue weighted by atomic mass is 16.5. The maximum atomic E-state index is 5.75. The van der Waals surface area contributed by atoms with Gasteiger partial charge in [0.15, 0.2) is 0 Å². The number of methoxy groups -OCH3 is 1. The van der Waals surface area contributed by atoms with Crippen molar-refractivity contribution >= 4 is 21.9 Å². The van der Waals surface area contributed by atoms with Crippen molar-refractivity contribution in [1.82, 2.24) is 14.5 Å². The number of imidazole rings is 1. The highest BCUT2D eigenvalue weighted by Crippen LogP contribution is 2.29. The summed E-state index contributed by atoms with van der Waals surface area (Å²) in [5.41, 5.74) is 11.8. The number of hydrogen-bond acceptors (Lipinski definition) is 5. The highest BCUT2D eigenvalue weighted by molar-refractivity contribution is 5.94. The minimum atomic E-state index is 0.504. The van der Waals surface area contributed by atoms with Gasteiger partial charge in [-0.3, -0.25) is 4.57 Å². The van der Waals surface area contributed by atoms with E-state index in [9.17, 15) is 0 Å². The Morgan fingerprint density at radius 1 is 0.938 bits per heavy atom. The van der Waals surface area contributed by atoms with Crippen molar-refractivity contribution in [1.29, 1.82) is 0 Å². The molecule has 0 saturated heterocycles. The highest BCUT2D eigenvalue weighted by Gasteiger charge is 2.11. The molecule has 0 spiro atoms. The number of pyridine rings is 1. The van der Waals surface area contributed by atoms with Crippen molar-refractivity contribution in [3.8, 4) is 22.7 Å². The van der Waals surface area contributed by atoms with Gasteiger partial charge in [-0.1, -0.05) is 42.5 Å². The number of nitrogens with zero attached hydrogens (tertiary/aromatic N) is 3. The van der Waals surface area contributed by atoms with Crippen LogP contribution in [0.4, 0.5) is 0 Å². The van der Waals surface area contributed by atoms with E-state index >= 15 is 0 Å². The molecule has 3 aromatic carbocycles. The third-order valence-corrected chi connectivity index (χ3v) is 5.53. The fourth-order valence-corrected chi connectivity index (χ4v) is 3.83. The molecule has 0 radical (unpaired) electrons. The molecule has 2 heterocycles. The van der Waals surface area contributed by atoms with Crippen molar-refractivity contribution in [2.75, 3.05) is 20.3 Å². The number of rotatable bonds is 7. The summed E-state index contributed by atoms with van der Waals surface area (Å²) in [5, 5.41) is 1.09. The molecule has 0 saturated carbocycles. The molecule has 6 heteroatoms. The number of hydrogen-bond donors (Lipinski definition) is 1. The summed E-state index contributed by atoms with van der Waals surface area (Å²) in [6.45, 7) is 1.58. The molecule has 0 fully saturated rings. The van der Waals surface area contributed by atoms with Crippen molar-refractivity contribution in [3.63, 3.8) is 0 Å². The van der Waals surface area contributed by atoms with E-state index in [0.717, 1.165) is 50.2 Å². The molecular formula is C26H24N4O2. The average molecular weight is 425 g/mol. The predicted octanol–water partition coefficient (Wildman–Crippen LogP) is 4.72. The van der Waals surface area contributed by atoms with Crippen LogP contribution in [0.3, 0.4) is 0 Å². The zero-order chi connectivity index (χ0) is 21.9. The Balaban J connectivity index is 1.55. The number of benzene rings is 3. The Labute approximate surface area is 186 Å². The van der Waals surface area contributed by atoms with Gasteiger partial charge in [0.25, 0.3) is 0 Å². The second-order valence-electron chi connectivity index (χ2n) is 7.55. The van der Waals surface area contributed by atoms with Crippen LogP contribution < -0.4 is 10.5 Å². The van der Waals surface area contributed by atoms with E-state index in [1.165, 1.54) is 0 Å². The average Bonchev–Trinajstić information content (AvgIpc) is 3.27. The number of aromatic nitrogens is 3. The van der Waals surface area contributed by atoms with Crippen LogP contribution in [0.15, 0.2) is 79.1 Å². The third kappa shape index (κ3) is 3.82. The number of fused-ring (bicyclic) bond motifs is 2. The molecule has 0 unspecified atom stereocenters. The molecule has 32 heavy (non-hydrogen) atoms. The van der Waals surface area contributed by atoms with Crippen LogP contribution in [-0.2, 0) is 11.3 Å². The van der Waals surface area contributed by atoms with Crippen molar-refractivity contribution in [2.24, 2.45) is 5.73 Å². The lowest BCUT2D eigenvalue weighted by Gasteiger charge is -2.10. The zero-order valence-electron chi connectivity index (χ0n) is 17.9. The van der Waals surface area contributed by atoms with Crippen molar-refractivity contribution in [3.05, 3.63) is 84.7 Å². The molecular weight excluding hydrogens is 400 g/mol. The largest absolute Gasteiger partial charge is 0.491 e. The van der Waals surface area contributed by atoms with E-state index in [0.29, 0.717) is 19.8 Å². The first-order valence-corrected chi connectivity index (χ1v) is 10.6. The molecule has 0 atom stereocenters. The minimum Gasteiger partial charge on any atom is -0.491 e. The summed E-state index contributed by atoms with van der Waals surface area (Å²) < 4.78 is 12.8. The predicted molar refractivity (Wildman–Crippen MR) is 127 cm³/mol. The quantitative estimate of drug-likeness (QED) is 0.383. The smallest absolute Gasteiger partial charge is 0.139 e. The standard InChI is InChI=1S/C26H24N4O2/c1-31-13-14-32-21-10-11-24-23(15-21)28-17-30(24)25-12-9-20-3-2-4-22(26(20)29-25)19-7-5-18(16-27)6-8-19/h2-12,15,17H,13-14,16,27H2,1H3. The third-order valence-electron chi connectivity index (χ3n) is 5.53. The number of ether oxygens (including phenoxy) is 2. The maximum Gasteiger partial charge on any atom is 0.139 e. The van der Waals surface area contributed by atoms with Crippen molar-refractivity contribution < 1.29 is 9.47 Å². The first-order valence-electron chi connectivity index (χ1n) is 10.6. The fraction of sp³-hybridized carbons (Fsp3) is 0.154. The van der Waals surface area contributed by atoms with Gasteiger partial charge in [0.05, 0.1) is 23.2 Å². The number of para-hydroxylation sites is 1. The van der Waals surface area contributed by atoms with Gasteiger partial charge in [-0.25, -0.2) is 9.97 Å². The Morgan fingerprint density at radius 3 is 2.62 bits per heavy atom. The molecule has 0 aliphatic carbocycles. The molecule has 0 aliphatic rings. The van der Waals surface area contributed by atoms with E-state index < -0.39 is 0 Å². The van der Waals surface area contributed by atoms with Gasteiger partial charge in [0.1, 0.15) is 24.5 Å². The van der Waals surface area contributed by atoms with Crippen LogP contribution in [0.25, 0.3) is 38.9 Å². The topological polar surface area (TPSA) is 75.2 Å². The molecule has 5 rings (SSSR count). The van der Waals surface area contributed by atoms with Gasteiger partial charge < -0.3 is 15.2 Å². The van der Waals surface area contributed by atoms with Gasteiger partial charge >= 0.3 is 0 Å². The van der Waals surface area contributed by atoms with Crippen LogP contribution in [0.1, 0.15) is 5.56 Å². The Kier molecular flexibility index (Phi) is 5.54. The monoisotopic (exact) mass is 424 g/mol. The van der Waals surface area contributed by atoms with E-state index in [1.807, 2.05) is 28.8 Å². The Bertz CT molecular complexity index is 1380. The van der Waals surface area contributed by atoms with E-state index in [1.54, 1.807) is 13.4 Å². The van der Waals surface area contributed by atoms with Gasteiger partial charge in [0.2, 0.25) is 0 Å². The summed E-state index contributed by atoms with van der Waals surface area (Å²) in [4.78, 5) is 9.58. The van der Waals surface area contributed by atoms with Gasteiger partial charge in [-0.05, 0) is 35.4 Å². The SMILES string of the molecule is COCCOc1ccc2c(c1)ncn2-c1ccc2cccc(-c3ccc(CN)cc3)c2n1. The summed E-state index contributed by atoms with van der Waals surface area (Å²) in [7, 11) is 1.66. The summed E-state index contributed by atoms with van der Waals surface area (Å²) in [6.07, 6.45) is 1.80. The van der Waals surface area contributed by atoms with Gasteiger partial charge in [-0.15, -0.1) is 0 Å². The molecule has 0 aliphatic heterocycles. The van der Waals surface area contributed by atoms with E-state index in [-0.39, 0.29) is 0 Å².